The molecule has 25 heavy (non-hydrogen) atoms. The maximum absolute atomic E-state index is 8.19. The van der Waals surface area contributed by atoms with Crippen molar-refractivity contribution in [3.05, 3.63) is 88.7 Å². The fraction of sp³-hybridized carbons (Fsp3) is 0.0952. The van der Waals surface area contributed by atoms with Gasteiger partial charge in [0.25, 0.3) is 0 Å². The molecule has 0 amide bonds. The summed E-state index contributed by atoms with van der Waals surface area (Å²) in [6.45, 7) is 0.944. The van der Waals surface area contributed by atoms with Crippen LogP contribution in [0.2, 0.25) is 0 Å². The van der Waals surface area contributed by atoms with Gasteiger partial charge in [-0.05, 0) is 47.0 Å². The molecule has 0 unspecified atom stereocenters. The molecule has 2 heterocycles. The molecule has 124 valence electrons. The zero-order valence-corrected chi connectivity index (χ0v) is 14.6. The molecule has 0 fully saturated rings. The van der Waals surface area contributed by atoms with E-state index in [4.69, 9.17) is 5.41 Å². The lowest BCUT2D eigenvalue weighted by Crippen LogP contribution is -2.10. The summed E-state index contributed by atoms with van der Waals surface area (Å²) in [7, 11) is 0. The molecule has 4 heteroatoms. The number of nitrogens with one attached hydrogen (secondary N) is 2. The van der Waals surface area contributed by atoms with Gasteiger partial charge in [-0.25, -0.2) is 0 Å². The van der Waals surface area contributed by atoms with Gasteiger partial charge in [-0.15, -0.1) is 11.3 Å². The predicted molar refractivity (Wildman–Crippen MR) is 107 cm³/mol. The SMILES string of the molecule is N=C(Nc1ccc2ccn(CCc3ccccc3)c2c1)c1cccs1. The van der Waals surface area contributed by atoms with Crippen molar-refractivity contribution in [1.82, 2.24) is 4.57 Å². The Morgan fingerprint density at radius 3 is 2.68 bits per heavy atom. The van der Waals surface area contributed by atoms with E-state index in [2.05, 4.69) is 64.6 Å². The molecule has 0 aliphatic heterocycles. The van der Waals surface area contributed by atoms with Gasteiger partial charge < -0.3 is 9.88 Å². The zero-order chi connectivity index (χ0) is 17.1. The number of benzene rings is 2. The van der Waals surface area contributed by atoms with Crippen molar-refractivity contribution in [2.75, 3.05) is 5.32 Å². The van der Waals surface area contributed by atoms with E-state index in [-0.39, 0.29) is 0 Å². The largest absolute Gasteiger partial charge is 0.347 e. The van der Waals surface area contributed by atoms with E-state index >= 15 is 0 Å². The standard InChI is InChI=1S/C21H19N3S/c22-21(20-7-4-14-25-20)23-18-9-8-17-11-13-24(19(17)15-18)12-10-16-5-2-1-3-6-16/h1-9,11,13-15H,10,12H2,(H2,22,23). The van der Waals surface area contributed by atoms with Crippen LogP contribution >= 0.6 is 11.3 Å². The number of amidine groups is 1. The highest BCUT2D eigenvalue weighted by Gasteiger charge is 2.06. The van der Waals surface area contributed by atoms with Crippen LogP contribution in [-0.2, 0) is 13.0 Å². The van der Waals surface area contributed by atoms with Gasteiger partial charge in [0.1, 0.15) is 5.84 Å². The molecule has 4 rings (SSSR count). The zero-order valence-electron chi connectivity index (χ0n) is 13.8. The fourth-order valence-electron chi connectivity index (χ4n) is 2.98. The van der Waals surface area contributed by atoms with Crippen LogP contribution in [0.25, 0.3) is 10.9 Å². The molecule has 0 saturated heterocycles. The summed E-state index contributed by atoms with van der Waals surface area (Å²) in [4.78, 5) is 0.944. The molecular weight excluding hydrogens is 326 g/mol. The summed E-state index contributed by atoms with van der Waals surface area (Å²) in [6.07, 6.45) is 3.15. The Kier molecular flexibility index (Phi) is 4.36. The van der Waals surface area contributed by atoms with Gasteiger partial charge in [0, 0.05) is 18.4 Å². The van der Waals surface area contributed by atoms with Crippen LogP contribution in [0.3, 0.4) is 0 Å². The molecule has 4 aromatic rings. The average Bonchev–Trinajstić information content (AvgIpc) is 3.31. The molecule has 2 aromatic carbocycles. The first-order valence-electron chi connectivity index (χ1n) is 8.32. The highest BCUT2D eigenvalue weighted by atomic mass is 32.1. The van der Waals surface area contributed by atoms with Gasteiger partial charge in [-0.3, -0.25) is 5.41 Å². The van der Waals surface area contributed by atoms with E-state index in [1.165, 1.54) is 16.5 Å². The number of fused-ring (bicyclic) bond motifs is 1. The molecular formula is C21H19N3S. The van der Waals surface area contributed by atoms with Crippen molar-refractivity contribution in [2.45, 2.75) is 13.0 Å². The number of thiophene rings is 1. The maximum atomic E-state index is 8.19. The van der Waals surface area contributed by atoms with Crippen LogP contribution in [0.5, 0.6) is 0 Å². The van der Waals surface area contributed by atoms with Crippen LogP contribution in [-0.4, -0.2) is 10.4 Å². The lowest BCUT2D eigenvalue weighted by atomic mass is 10.1. The summed E-state index contributed by atoms with van der Waals surface area (Å²) in [6, 6.07) is 22.9. The molecule has 2 aromatic heterocycles. The predicted octanol–water partition coefficient (Wildman–Crippen LogP) is 5.38. The Morgan fingerprint density at radius 1 is 1.00 bits per heavy atom. The van der Waals surface area contributed by atoms with Gasteiger partial charge in [0.05, 0.1) is 10.4 Å². The van der Waals surface area contributed by atoms with Crippen LogP contribution in [0.1, 0.15) is 10.4 Å². The number of hydrogen-bond donors (Lipinski definition) is 2. The highest BCUT2D eigenvalue weighted by Crippen LogP contribution is 2.22. The lowest BCUT2D eigenvalue weighted by Gasteiger charge is -2.09. The van der Waals surface area contributed by atoms with Gasteiger partial charge in [0.2, 0.25) is 0 Å². The van der Waals surface area contributed by atoms with Crippen molar-refractivity contribution in [1.29, 1.82) is 5.41 Å². The number of anilines is 1. The van der Waals surface area contributed by atoms with E-state index in [0.29, 0.717) is 5.84 Å². The Hall–Kier alpha value is -2.85. The first-order chi connectivity index (χ1) is 12.3. The van der Waals surface area contributed by atoms with E-state index in [1.807, 2.05) is 23.6 Å². The number of rotatable bonds is 5. The fourth-order valence-corrected chi connectivity index (χ4v) is 3.61. The Bertz CT molecular complexity index is 985. The summed E-state index contributed by atoms with van der Waals surface area (Å²) < 4.78 is 2.28. The van der Waals surface area contributed by atoms with Gasteiger partial charge in [0.15, 0.2) is 0 Å². The highest BCUT2D eigenvalue weighted by molar-refractivity contribution is 7.12. The van der Waals surface area contributed by atoms with Crippen LogP contribution in [0, 0.1) is 5.41 Å². The second kappa shape index (κ2) is 6.95. The molecule has 0 aliphatic rings. The van der Waals surface area contributed by atoms with E-state index in [0.717, 1.165) is 23.5 Å². The van der Waals surface area contributed by atoms with Gasteiger partial charge in [-0.1, -0.05) is 42.5 Å². The second-order valence-electron chi connectivity index (χ2n) is 6.00. The summed E-state index contributed by atoms with van der Waals surface area (Å²) in [5, 5.41) is 14.6. The quantitative estimate of drug-likeness (QED) is 0.370. The van der Waals surface area contributed by atoms with Crippen molar-refractivity contribution >= 4 is 33.8 Å². The van der Waals surface area contributed by atoms with E-state index in [9.17, 15) is 0 Å². The molecule has 0 radical (unpaired) electrons. The minimum absolute atomic E-state index is 0.441. The molecule has 0 saturated carbocycles. The van der Waals surface area contributed by atoms with E-state index in [1.54, 1.807) is 11.3 Å². The number of aromatic nitrogens is 1. The number of nitrogens with zero attached hydrogens (tertiary/aromatic N) is 1. The Labute approximate surface area is 151 Å². The molecule has 3 nitrogen and oxygen atoms in total. The third-order valence-corrected chi connectivity index (χ3v) is 5.18. The van der Waals surface area contributed by atoms with Crippen molar-refractivity contribution in [3.8, 4) is 0 Å². The minimum atomic E-state index is 0.441. The van der Waals surface area contributed by atoms with Crippen LogP contribution in [0.15, 0.2) is 78.3 Å². The summed E-state index contributed by atoms with van der Waals surface area (Å²) >= 11 is 1.57. The summed E-state index contributed by atoms with van der Waals surface area (Å²) in [5.41, 5.74) is 3.49. The third-order valence-electron chi connectivity index (χ3n) is 4.30. The van der Waals surface area contributed by atoms with Crippen molar-refractivity contribution in [2.24, 2.45) is 0 Å². The van der Waals surface area contributed by atoms with E-state index < -0.39 is 0 Å². The molecule has 0 spiro atoms. The van der Waals surface area contributed by atoms with Crippen LogP contribution in [0.4, 0.5) is 5.69 Å². The Balaban J connectivity index is 1.54. The Morgan fingerprint density at radius 2 is 1.88 bits per heavy atom. The maximum Gasteiger partial charge on any atom is 0.140 e. The second-order valence-corrected chi connectivity index (χ2v) is 6.94. The lowest BCUT2D eigenvalue weighted by molar-refractivity contribution is 0.723. The molecule has 0 bridgehead atoms. The number of aryl methyl sites for hydroxylation is 2. The normalized spacial score (nSPS) is 10.9. The van der Waals surface area contributed by atoms with Crippen molar-refractivity contribution in [3.63, 3.8) is 0 Å². The molecule has 0 aliphatic carbocycles. The number of hydrogen-bond acceptors (Lipinski definition) is 2. The van der Waals surface area contributed by atoms with Crippen LogP contribution < -0.4 is 5.32 Å². The first kappa shape index (κ1) is 15.7. The third kappa shape index (κ3) is 3.49. The van der Waals surface area contributed by atoms with Gasteiger partial charge in [-0.2, -0.15) is 0 Å². The minimum Gasteiger partial charge on any atom is -0.347 e. The first-order valence-corrected chi connectivity index (χ1v) is 9.20. The molecule has 2 N–H and O–H groups in total. The summed E-state index contributed by atoms with van der Waals surface area (Å²) in [5.74, 6) is 0.441. The monoisotopic (exact) mass is 345 g/mol. The average molecular weight is 345 g/mol. The topological polar surface area (TPSA) is 40.8 Å². The smallest absolute Gasteiger partial charge is 0.140 e. The molecule has 0 atom stereocenters. The van der Waals surface area contributed by atoms with Crippen molar-refractivity contribution < 1.29 is 0 Å². The van der Waals surface area contributed by atoms with Gasteiger partial charge >= 0.3 is 0 Å².